The minimum absolute atomic E-state index is 0.105. The van der Waals surface area contributed by atoms with Crippen LogP contribution in [0.15, 0.2) is 18.2 Å². The van der Waals surface area contributed by atoms with E-state index in [9.17, 15) is 5.11 Å². The molecule has 0 saturated heterocycles. The molecule has 0 amide bonds. The van der Waals surface area contributed by atoms with Gasteiger partial charge in [-0.15, -0.1) is 0 Å². The first-order valence-electron chi connectivity index (χ1n) is 6.08. The molecule has 1 aliphatic rings. The van der Waals surface area contributed by atoms with Crippen molar-refractivity contribution >= 4 is 0 Å². The van der Waals surface area contributed by atoms with Gasteiger partial charge >= 0.3 is 0 Å². The molecule has 1 aromatic rings. The normalized spacial score (nSPS) is 28.2. The second kappa shape index (κ2) is 4.78. The Morgan fingerprint density at radius 2 is 2.17 bits per heavy atom. The number of hydrogen-bond acceptors (Lipinski definition) is 4. The SMILES string of the molecule is COc1ccc2c(c1)OC(C)(C(C)OC)C[C@@H]2O. The van der Waals surface area contributed by atoms with E-state index >= 15 is 0 Å². The third-order valence-corrected chi connectivity index (χ3v) is 3.74. The lowest BCUT2D eigenvalue weighted by atomic mass is 9.86. The topological polar surface area (TPSA) is 47.9 Å². The van der Waals surface area contributed by atoms with Crippen molar-refractivity contribution in [1.82, 2.24) is 0 Å². The highest BCUT2D eigenvalue weighted by atomic mass is 16.5. The summed E-state index contributed by atoms with van der Waals surface area (Å²) in [6, 6.07) is 5.47. The number of aliphatic hydroxyl groups is 1. The van der Waals surface area contributed by atoms with Crippen LogP contribution in [0.1, 0.15) is 31.9 Å². The summed E-state index contributed by atoms with van der Waals surface area (Å²) in [6.45, 7) is 3.89. The van der Waals surface area contributed by atoms with E-state index in [-0.39, 0.29) is 6.10 Å². The third-order valence-electron chi connectivity index (χ3n) is 3.74. The number of fused-ring (bicyclic) bond motifs is 1. The Morgan fingerprint density at radius 1 is 1.44 bits per heavy atom. The zero-order valence-corrected chi connectivity index (χ0v) is 11.3. The first-order chi connectivity index (χ1) is 8.50. The van der Waals surface area contributed by atoms with Gasteiger partial charge in [-0.1, -0.05) is 0 Å². The van der Waals surface area contributed by atoms with Crippen molar-refractivity contribution in [3.8, 4) is 11.5 Å². The molecule has 0 radical (unpaired) electrons. The van der Waals surface area contributed by atoms with Gasteiger partial charge in [-0.05, 0) is 26.0 Å². The molecular weight excluding hydrogens is 232 g/mol. The van der Waals surface area contributed by atoms with Crippen LogP contribution in [0.3, 0.4) is 0 Å². The van der Waals surface area contributed by atoms with Crippen LogP contribution in [-0.2, 0) is 4.74 Å². The van der Waals surface area contributed by atoms with Gasteiger partial charge in [0.2, 0.25) is 0 Å². The smallest absolute Gasteiger partial charge is 0.135 e. The fourth-order valence-electron chi connectivity index (χ4n) is 2.29. The number of hydrogen-bond donors (Lipinski definition) is 1. The zero-order chi connectivity index (χ0) is 13.3. The summed E-state index contributed by atoms with van der Waals surface area (Å²) < 4.78 is 16.5. The number of ether oxygens (including phenoxy) is 3. The average Bonchev–Trinajstić information content (AvgIpc) is 2.36. The summed E-state index contributed by atoms with van der Waals surface area (Å²) >= 11 is 0. The van der Waals surface area contributed by atoms with Gasteiger partial charge in [0.05, 0.1) is 19.3 Å². The van der Waals surface area contributed by atoms with Crippen molar-refractivity contribution in [2.24, 2.45) is 0 Å². The van der Waals surface area contributed by atoms with E-state index in [1.165, 1.54) is 0 Å². The van der Waals surface area contributed by atoms with Gasteiger partial charge in [0.15, 0.2) is 0 Å². The molecule has 1 N–H and O–H groups in total. The Labute approximate surface area is 107 Å². The standard InChI is InChI=1S/C14H20O4/c1-9(16-3)14(2)8-12(15)11-6-5-10(17-4)7-13(11)18-14/h5-7,9,12,15H,8H2,1-4H3/t9?,12-,14?/m0/s1. The Hall–Kier alpha value is -1.26. The Kier molecular flexibility index (Phi) is 3.50. The molecule has 2 rings (SSSR count). The average molecular weight is 252 g/mol. The summed E-state index contributed by atoms with van der Waals surface area (Å²) in [5, 5.41) is 10.2. The highest BCUT2D eigenvalue weighted by Gasteiger charge is 2.41. The molecule has 0 aliphatic carbocycles. The molecule has 1 aromatic carbocycles. The van der Waals surface area contributed by atoms with Gasteiger partial charge in [0, 0.05) is 25.2 Å². The van der Waals surface area contributed by atoms with E-state index in [1.807, 2.05) is 26.0 Å². The van der Waals surface area contributed by atoms with Crippen LogP contribution < -0.4 is 9.47 Å². The van der Waals surface area contributed by atoms with Crippen molar-refractivity contribution in [1.29, 1.82) is 0 Å². The van der Waals surface area contributed by atoms with E-state index in [4.69, 9.17) is 14.2 Å². The van der Waals surface area contributed by atoms with Crippen molar-refractivity contribution in [3.63, 3.8) is 0 Å². The number of methoxy groups -OCH3 is 2. The molecule has 18 heavy (non-hydrogen) atoms. The minimum Gasteiger partial charge on any atom is -0.497 e. The van der Waals surface area contributed by atoms with Crippen molar-refractivity contribution in [2.45, 2.75) is 38.1 Å². The fourth-order valence-corrected chi connectivity index (χ4v) is 2.29. The van der Waals surface area contributed by atoms with Crippen LogP contribution in [0.4, 0.5) is 0 Å². The van der Waals surface area contributed by atoms with Crippen LogP contribution >= 0.6 is 0 Å². The van der Waals surface area contributed by atoms with E-state index in [1.54, 1.807) is 20.3 Å². The molecule has 0 aromatic heterocycles. The summed E-state index contributed by atoms with van der Waals surface area (Å²) in [5.74, 6) is 1.38. The number of benzene rings is 1. The maximum absolute atomic E-state index is 10.2. The minimum atomic E-state index is -0.540. The van der Waals surface area contributed by atoms with Gasteiger partial charge in [0.1, 0.15) is 17.1 Å². The molecule has 0 saturated carbocycles. The van der Waals surface area contributed by atoms with Gasteiger partial charge in [-0.2, -0.15) is 0 Å². The van der Waals surface area contributed by atoms with Crippen molar-refractivity contribution < 1.29 is 19.3 Å². The van der Waals surface area contributed by atoms with Crippen LogP contribution in [0.25, 0.3) is 0 Å². The van der Waals surface area contributed by atoms with Gasteiger partial charge in [-0.25, -0.2) is 0 Å². The highest BCUT2D eigenvalue weighted by molar-refractivity contribution is 5.44. The second-order valence-electron chi connectivity index (χ2n) is 4.92. The molecule has 4 heteroatoms. The Bertz CT molecular complexity index is 432. The first kappa shape index (κ1) is 13.2. The van der Waals surface area contributed by atoms with Gasteiger partial charge in [0.25, 0.3) is 0 Å². The Balaban J connectivity index is 2.37. The first-order valence-corrected chi connectivity index (χ1v) is 6.08. The summed E-state index contributed by atoms with van der Waals surface area (Å²) in [5.41, 5.74) is 0.268. The maximum atomic E-state index is 10.2. The lowest BCUT2D eigenvalue weighted by Gasteiger charge is -2.41. The molecule has 1 aliphatic heterocycles. The maximum Gasteiger partial charge on any atom is 0.135 e. The fraction of sp³-hybridized carbons (Fsp3) is 0.571. The van der Waals surface area contributed by atoms with E-state index in [0.717, 1.165) is 11.3 Å². The molecule has 100 valence electrons. The van der Waals surface area contributed by atoms with E-state index in [2.05, 4.69) is 0 Å². The molecule has 1 heterocycles. The summed E-state index contributed by atoms with van der Waals surface area (Å²) in [6.07, 6.45) is -0.129. The molecule has 4 nitrogen and oxygen atoms in total. The summed E-state index contributed by atoms with van der Waals surface area (Å²) in [4.78, 5) is 0. The predicted octanol–water partition coefficient (Wildman–Crippen LogP) is 2.30. The second-order valence-corrected chi connectivity index (χ2v) is 4.92. The van der Waals surface area contributed by atoms with E-state index < -0.39 is 11.7 Å². The van der Waals surface area contributed by atoms with Crippen LogP contribution in [-0.4, -0.2) is 31.0 Å². The highest BCUT2D eigenvalue weighted by Crippen LogP contribution is 2.42. The zero-order valence-electron chi connectivity index (χ0n) is 11.3. The monoisotopic (exact) mass is 252 g/mol. The number of aliphatic hydroxyl groups excluding tert-OH is 1. The third kappa shape index (κ3) is 2.18. The Morgan fingerprint density at radius 3 is 2.78 bits per heavy atom. The lowest BCUT2D eigenvalue weighted by Crippen LogP contribution is -2.47. The lowest BCUT2D eigenvalue weighted by molar-refractivity contribution is -0.0920. The van der Waals surface area contributed by atoms with Crippen LogP contribution in [0.5, 0.6) is 11.5 Å². The number of rotatable bonds is 3. The molecule has 0 spiro atoms. The van der Waals surface area contributed by atoms with Crippen LogP contribution in [0.2, 0.25) is 0 Å². The molecule has 0 fully saturated rings. The molecule has 0 bridgehead atoms. The molecule has 2 unspecified atom stereocenters. The predicted molar refractivity (Wildman–Crippen MR) is 68.1 cm³/mol. The molecule has 3 atom stereocenters. The van der Waals surface area contributed by atoms with Gasteiger partial charge in [-0.3, -0.25) is 0 Å². The van der Waals surface area contributed by atoms with Crippen LogP contribution in [0, 0.1) is 0 Å². The van der Waals surface area contributed by atoms with Gasteiger partial charge < -0.3 is 19.3 Å². The molecular formula is C14H20O4. The van der Waals surface area contributed by atoms with Crippen molar-refractivity contribution in [2.75, 3.05) is 14.2 Å². The largest absolute Gasteiger partial charge is 0.497 e. The quantitative estimate of drug-likeness (QED) is 0.896. The summed E-state index contributed by atoms with van der Waals surface area (Å²) in [7, 11) is 3.25. The van der Waals surface area contributed by atoms with E-state index in [0.29, 0.717) is 12.2 Å². The van der Waals surface area contributed by atoms with Crippen molar-refractivity contribution in [3.05, 3.63) is 23.8 Å².